The molecule has 0 fully saturated rings. The molecule has 0 bridgehead atoms. The molecule has 1 aromatic heterocycles. The number of sulfone groups is 1. The fraction of sp³-hybridized carbons (Fsp3) is 0.357. The molecule has 202 valence electrons. The molecule has 3 aromatic rings. The van der Waals surface area contributed by atoms with E-state index in [0.29, 0.717) is 29.3 Å². The number of carbonyl (C=O) groups is 1. The summed E-state index contributed by atoms with van der Waals surface area (Å²) in [7, 11) is -3.31. The van der Waals surface area contributed by atoms with Gasteiger partial charge < -0.3 is 19.7 Å². The fourth-order valence-corrected chi connectivity index (χ4v) is 5.21. The van der Waals surface area contributed by atoms with Crippen LogP contribution in [0.1, 0.15) is 42.4 Å². The van der Waals surface area contributed by atoms with Gasteiger partial charge >= 0.3 is 0 Å². The molecule has 0 spiro atoms. The molecule has 10 heteroatoms. The normalized spacial score (nSPS) is 13.1. The van der Waals surface area contributed by atoms with Crippen LogP contribution >= 0.6 is 11.6 Å². The van der Waals surface area contributed by atoms with Crippen molar-refractivity contribution >= 4 is 33.0 Å². The molecule has 1 N–H and O–H groups in total. The van der Waals surface area contributed by atoms with Crippen LogP contribution in [0.5, 0.6) is 11.5 Å². The van der Waals surface area contributed by atoms with Crippen LogP contribution in [-0.4, -0.2) is 50.9 Å². The van der Waals surface area contributed by atoms with E-state index in [0.717, 1.165) is 35.8 Å². The Bertz CT molecular complexity index is 1390. The summed E-state index contributed by atoms with van der Waals surface area (Å²) in [5.41, 5.74) is 2.94. The summed E-state index contributed by atoms with van der Waals surface area (Å²) in [5.74, 6) is 1.36. The molecule has 0 aliphatic carbocycles. The van der Waals surface area contributed by atoms with Gasteiger partial charge in [-0.3, -0.25) is 9.78 Å². The highest BCUT2D eigenvalue weighted by Crippen LogP contribution is 2.35. The second kappa shape index (κ2) is 12.0. The van der Waals surface area contributed by atoms with E-state index < -0.39 is 9.84 Å². The molecule has 8 nitrogen and oxygen atoms in total. The zero-order valence-corrected chi connectivity index (χ0v) is 23.3. The molecular formula is C28H32ClN3O5S. The number of aromatic nitrogens is 1. The van der Waals surface area contributed by atoms with Crippen LogP contribution in [0.4, 0.5) is 5.69 Å². The van der Waals surface area contributed by atoms with E-state index in [1.54, 1.807) is 25.1 Å². The minimum absolute atomic E-state index is 0.00937. The number of pyridine rings is 1. The van der Waals surface area contributed by atoms with Crippen molar-refractivity contribution in [2.45, 2.75) is 44.7 Å². The molecule has 2 aromatic carbocycles. The Kier molecular flexibility index (Phi) is 8.79. The Hall–Kier alpha value is -3.30. The number of fused-ring (bicyclic) bond motifs is 1. The van der Waals surface area contributed by atoms with Crippen molar-refractivity contribution in [3.63, 3.8) is 0 Å². The lowest BCUT2D eigenvalue weighted by molar-refractivity contribution is 0.0950. The second-order valence-electron chi connectivity index (χ2n) is 9.26. The summed E-state index contributed by atoms with van der Waals surface area (Å²) in [6.07, 6.45) is 2.10. The first-order chi connectivity index (χ1) is 18.2. The van der Waals surface area contributed by atoms with Crippen LogP contribution in [-0.2, 0) is 22.8 Å². The lowest BCUT2D eigenvalue weighted by Crippen LogP contribution is -2.34. The summed E-state index contributed by atoms with van der Waals surface area (Å²) in [5, 5.41) is 3.33. The largest absolute Gasteiger partial charge is 0.491 e. The van der Waals surface area contributed by atoms with Crippen molar-refractivity contribution in [1.82, 2.24) is 10.3 Å². The molecule has 4 rings (SSSR count). The third-order valence-electron chi connectivity index (χ3n) is 6.19. The zero-order chi connectivity index (χ0) is 27.3. The number of ether oxygens (including phenoxy) is 2. The summed E-state index contributed by atoms with van der Waals surface area (Å²) < 4.78 is 35.5. The number of halogens is 1. The van der Waals surface area contributed by atoms with E-state index in [1.807, 2.05) is 38.1 Å². The highest BCUT2D eigenvalue weighted by atomic mass is 35.5. The molecule has 1 aliphatic rings. The van der Waals surface area contributed by atoms with Gasteiger partial charge in [0.15, 0.2) is 9.84 Å². The predicted molar refractivity (Wildman–Crippen MR) is 148 cm³/mol. The van der Waals surface area contributed by atoms with Crippen molar-refractivity contribution in [2.24, 2.45) is 0 Å². The molecule has 1 amide bonds. The molecule has 38 heavy (non-hydrogen) atoms. The van der Waals surface area contributed by atoms with E-state index in [2.05, 4.69) is 15.2 Å². The minimum Gasteiger partial charge on any atom is -0.491 e. The Morgan fingerprint density at radius 3 is 2.68 bits per heavy atom. The molecule has 0 saturated heterocycles. The molecular weight excluding hydrogens is 526 g/mol. The first-order valence-corrected chi connectivity index (χ1v) is 14.6. The van der Waals surface area contributed by atoms with Gasteiger partial charge in [0.05, 0.1) is 41.2 Å². The van der Waals surface area contributed by atoms with Crippen LogP contribution in [0.2, 0.25) is 5.02 Å². The van der Waals surface area contributed by atoms with Crippen LogP contribution < -0.4 is 19.7 Å². The highest BCUT2D eigenvalue weighted by molar-refractivity contribution is 7.91. The monoisotopic (exact) mass is 557 g/mol. The third-order valence-corrected chi connectivity index (χ3v) is 8.27. The quantitative estimate of drug-likeness (QED) is 0.386. The minimum atomic E-state index is -3.31. The van der Waals surface area contributed by atoms with Gasteiger partial charge in [-0.1, -0.05) is 24.6 Å². The lowest BCUT2D eigenvalue weighted by atomic mass is 10.1. The predicted octanol–water partition coefficient (Wildman–Crippen LogP) is 4.69. The van der Waals surface area contributed by atoms with Gasteiger partial charge in [0.2, 0.25) is 0 Å². The molecule has 0 saturated carbocycles. The number of nitrogens with one attached hydrogen (secondary N) is 1. The van der Waals surface area contributed by atoms with Crippen molar-refractivity contribution in [3.05, 3.63) is 76.6 Å². The average Bonchev–Trinajstić information content (AvgIpc) is 2.91. The van der Waals surface area contributed by atoms with Gasteiger partial charge in [-0.2, -0.15) is 0 Å². The molecule has 0 unspecified atom stereocenters. The lowest BCUT2D eigenvalue weighted by Gasteiger charge is -2.32. The Balaban J connectivity index is 1.36. The zero-order valence-electron chi connectivity index (χ0n) is 21.7. The number of anilines is 1. The average molecular weight is 558 g/mol. The van der Waals surface area contributed by atoms with Crippen molar-refractivity contribution in [3.8, 4) is 11.5 Å². The van der Waals surface area contributed by atoms with E-state index in [9.17, 15) is 13.2 Å². The van der Waals surface area contributed by atoms with E-state index >= 15 is 0 Å². The van der Waals surface area contributed by atoms with Crippen LogP contribution in [0, 0.1) is 0 Å². The van der Waals surface area contributed by atoms with E-state index in [-0.39, 0.29) is 29.2 Å². The summed E-state index contributed by atoms with van der Waals surface area (Å²) in [6.45, 7) is 7.85. The van der Waals surface area contributed by atoms with Crippen LogP contribution in [0.3, 0.4) is 0 Å². The molecule has 0 radical (unpaired) electrons. The first kappa shape index (κ1) is 27.7. The SMILES string of the molecule is CCS(=O)(=O)c1ccc(CNC(=O)c2ccc(CCN3CCOc4ccc(OC(C)C)cc43)c(Cl)c2)nc1. The molecule has 2 heterocycles. The summed E-state index contributed by atoms with van der Waals surface area (Å²) in [6, 6.07) is 14.3. The number of benzene rings is 2. The topological polar surface area (TPSA) is 97.8 Å². The van der Waals surface area contributed by atoms with Gasteiger partial charge in [-0.05, 0) is 62.2 Å². The fourth-order valence-electron chi connectivity index (χ4n) is 4.12. The smallest absolute Gasteiger partial charge is 0.251 e. The van der Waals surface area contributed by atoms with Gasteiger partial charge in [-0.15, -0.1) is 0 Å². The van der Waals surface area contributed by atoms with Crippen LogP contribution in [0.25, 0.3) is 0 Å². The van der Waals surface area contributed by atoms with E-state index in [4.69, 9.17) is 21.1 Å². The number of carbonyl (C=O) groups excluding carboxylic acids is 1. The maximum absolute atomic E-state index is 12.7. The Morgan fingerprint density at radius 1 is 1.18 bits per heavy atom. The van der Waals surface area contributed by atoms with Crippen molar-refractivity contribution in [2.75, 3.05) is 30.3 Å². The highest BCUT2D eigenvalue weighted by Gasteiger charge is 2.20. The summed E-state index contributed by atoms with van der Waals surface area (Å²) >= 11 is 6.55. The Morgan fingerprint density at radius 2 is 2.00 bits per heavy atom. The van der Waals surface area contributed by atoms with Crippen molar-refractivity contribution < 1.29 is 22.7 Å². The molecule has 0 atom stereocenters. The standard InChI is InChI=1S/C28H32ClN3O5S/c1-4-38(34,35)24-9-7-22(30-18-24)17-31-28(33)21-6-5-20(25(29)15-21)11-12-32-13-14-36-27-10-8-23(16-26(27)32)37-19(2)3/h5-10,15-16,18-19H,4,11-14,17H2,1-3H3,(H,31,33). The number of hydrogen-bond acceptors (Lipinski definition) is 7. The number of nitrogens with zero attached hydrogens (tertiary/aromatic N) is 2. The van der Waals surface area contributed by atoms with Gasteiger partial charge in [-0.25, -0.2) is 8.42 Å². The maximum atomic E-state index is 12.7. The van der Waals surface area contributed by atoms with Gasteiger partial charge in [0.1, 0.15) is 18.1 Å². The summed E-state index contributed by atoms with van der Waals surface area (Å²) in [4.78, 5) is 19.3. The number of hydrogen-bond donors (Lipinski definition) is 1. The Labute approximate surface area is 228 Å². The van der Waals surface area contributed by atoms with Gasteiger partial charge in [0, 0.05) is 29.4 Å². The second-order valence-corrected chi connectivity index (χ2v) is 11.9. The molecule has 1 aliphatic heterocycles. The number of amides is 1. The van der Waals surface area contributed by atoms with Crippen LogP contribution in [0.15, 0.2) is 59.6 Å². The van der Waals surface area contributed by atoms with Gasteiger partial charge in [0.25, 0.3) is 5.91 Å². The van der Waals surface area contributed by atoms with E-state index in [1.165, 1.54) is 12.3 Å². The number of rotatable bonds is 10. The van der Waals surface area contributed by atoms with Crippen molar-refractivity contribution in [1.29, 1.82) is 0 Å². The third kappa shape index (κ3) is 6.76. The first-order valence-electron chi connectivity index (χ1n) is 12.6. The maximum Gasteiger partial charge on any atom is 0.251 e.